The molecular formula is C22H21NO5. The monoisotopic (exact) mass is 379 g/mol. The Morgan fingerprint density at radius 3 is 2.25 bits per heavy atom. The summed E-state index contributed by atoms with van der Waals surface area (Å²) in [7, 11) is 0. The first-order chi connectivity index (χ1) is 13.4. The molecule has 1 aliphatic rings. The van der Waals surface area contributed by atoms with E-state index in [9.17, 15) is 19.2 Å². The molecule has 1 amide bonds. The topological polar surface area (TPSA) is 89.5 Å². The Hall–Kier alpha value is -3.28. The average molecular weight is 379 g/mol. The van der Waals surface area contributed by atoms with Gasteiger partial charge in [-0.2, -0.15) is 0 Å². The van der Waals surface area contributed by atoms with Gasteiger partial charge in [-0.3, -0.25) is 19.2 Å². The fourth-order valence-corrected chi connectivity index (χ4v) is 3.06. The van der Waals surface area contributed by atoms with E-state index in [0.29, 0.717) is 23.5 Å². The van der Waals surface area contributed by atoms with Gasteiger partial charge in [-0.05, 0) is 18.4 Å². The number of amides is 1. The summed E-state index contributed by atoms with van der Waals surface area (Å²) in [6.45, 7) is 3.54. The quantitative estimate of drug-likeness (QED) is 0.663. The molecule has 3 rings (SSSR count). The summed E-state index contributed by atoms with van der Waals surface area (Å²) >= 11 is 0. The molecule has 0 bridgehead atoms. The second-order valence-corrected chi connectivity index (χ2v) is 7.07. The number of esters is 1. The van der Waals surface area contributed by atoms with Crippen LogP contribution in [0.5, 0.6) is 0 Å². The van der Waals surface area contributed by atoms with E-state index in [1.165, 1.54) is 0 Å². The third-order valence-electron chi connectivity index (χ3n) is 4.52. The van der Waals surface area contributed by atoms with E-state index in [-0.39, 0.29) is 34.8 Å². The van der Waals surface area contributed by atoms with E-state index in [2.05, 4.69) is 5.32 Å². The number of carbonyl (C=O) groups excluding carboxylic acids is 4. The standard InChI is InChI=1S/C22H21NO5/c1-13(2)10-11-19(25)28-12-18(24)23-17-9-5-8-16-20(17)22(27)15-7-4-3-6-14(15)21(16)26/h3-9,13H,10-12H2,1-2H3,(H,23,24). The lowest BCUT2D eigenvalue weighted by Gasteiger charge is -2.20. The van der Waals surface area contributed by atoms with E-state index < -0.39 is 18.5 Å². The van der Waals surface area contributed by atoms with Crippen molar-refractivity contribution in [3.63, 3.8) is 0 Å². The minimum atomic E-state index is -0.564. The maximum Gasteiger partial charge on any atom is 0.306 e. The van der Waals surface area contributed by atoms with Crippen LogP contribution in [0.1, 0.15) is 58.5 Å². The van der Waals surface area contributed by atoms with Gasteiger partial charge in [0, 0.05) is 23.1 Å². The molecule has 6 heteroatoms. The van der Waals surface area contributed by atoms with Crippen LogP contribution in [0.4, 0.5) is 5.69 Å². The number of ether oxygens (including phenoxy) is 1. The van der Waals surface area contributed by atoms with Crippen LogP contribution in [0.2, 0.25) is 0 Å². The molecule has 0 saturated heterocycles. The molecule has 0 aromatic heterocycles. The first kappa shape index (κ1) is 19.5. The summed E-state index contributed by atoms with van der Waals surface area (Å²) in [5.74, 6) is -1.23. The Morgan fingerprint density at radius 1 is 0.929 bits per heavy atom. The number of fused-ring (bicyclic) bond motifs is 2. The summed E-state index contributed by atoms with van der Waals surface area (Å²) in [6, 6.07) is 11.3. The number of hydrogen-bond acceptors (Lipinski definition) is 5. The second kappa shape index (κ2) is 8.17. The lowest BCUT2D eigenvalue weighted by molar-refractivity contribution is -0.147. The zero-order valence-electron chi connectivity index (χ0n) is 15.8. The second-order valence-electron chi connectivity index (χ2n) is 7.07. The predicted molar refractivity (Wildman–Crippen MR) is 103 cm³/mol. The highest BCUT2D eigenvalue weighted by molar-refractivity contribution is 6.30. The molecule has 1 aliphatic carbocycles. The van der Waals surface area contributed by atoms with Gasteiger partial charge >= 0.3 is 5.97 Å². The molecule has 6 nitrogen and oxygen atoms in total. The Kier molecular flexibility index (Phi) is 5.68. The largest absolute Gasteiger partial charge is 0.456 e. The highest BCUT2D eigenvalue weighted by atomic mass is 16.5. The number of rotatable bonds is 6. The van der Waals surface area contributed by atoms with Crippen LogP contribution in [0.25, 0.3) is 0 Å². The van der Waals surface area contributed by atoms with Crippen LogP contribution in [0.3, 0.4) is 0 Å². The smallest absolute Gasteiger partial charge is 0.306 e. The fraction of sp³-hybridized carbons (Fsp3) is 0.273. The fourth-order valence-electron chi connectivity index (χ4n) is 3.06. The Bertz CT molecular complexity index is 961. The maximum absolute atomic E-state index is 12.9. The number of hydrogen-bond donors (Lipinski definition) is 1. The zero-order chi connectivity index (χ0) is 20.3. The van der Waals surface area contributed by atoms with Crippen molar-refractivity contribution in [1.29, 1.82) is 0 Å². The third-order valence-corrected chi connectivity index (χ3v) is 4.52. The van der Waals surface area contributed by atoms with Gasteiger partial charge in [0.05, 0.1) is 11.3 Å². The van der Waals surface area contributed by atoms with Crippen molar-refractivity contribution in [3.8, 4) is 0 Å². The van der Waals surface area contributed by atoms with Crippen molar-refractivity contribution in [2.45, 2.75) is 26.7 Å². The molecule has 0 heterocycles. The van der Waals surface area contributed by atoms with E-state index in [1.54, 1.807) is 42.5 Å². The predicted octanol–water partition coefficient (Wildman–Crippen LogP) is 3.38. The van der Waals surface area contributed by atoms with Crippen molar-refractivity contribution >= 4 is 29.1 Å². The summed E-state index contributed by atoms with van der Waals surface area (Å²) < 4.78 is 4.97. The number of ketones is 2. The van der Waals surface area contributed by atoms with Crippen LogP contribution >= 0.6 is 0 Å². The Labute approximate surface area is 162 Å². The summed E-state index contributed by atoms with van der Waals surface area (Å²) in [4.78, 5) is 49.4. The SMILES string of the molecule is CC(C)CCC(=O)OCC(=O)Nc1cccc2c1C(=O)c1ccccc1C2=O. The zero-order valence-corrected chi connectivity index (χ0v) is 15.8. The maximum atomic E-state index is 12.9. The number of nitrogens with one attached hydrogen (secondary N) is 1. The van der Waals surface area contributed by atoms with E-state index in [4.69, 9.17) is 4.74 Å². The molecule has 0 radical (unpaired) electrons. The van der Waals surface area contributed by atoms with Crippen molar-refractivity contribution in [3.05, 3.63) is 64.7 Å². The van der Waals surface area contributed by atoms with Gasteiger partial charge in [0.1, 0.15) is 0 Å². The van der Waals surface area contributed by atoms with E-state index in [0.717, 1.165) is 0 Å². The molecule has 0 unspecified atom stereocenters. The minimum absolute atomic E-state index is 0.158. The summed E-state index contributed by atoms with van der Waals surface area (Å²) in [5, 5.41) is 2.58. The van der Waals surface area contributed by atoms with Gasteiger partial charge in [-0.1, -0.05) is 50.2 Å². The molecule has 0 saturated carbocycles. The van der Waals surface area contributed by atoms with Crippen molar-refractivity contribution in [1.82, 2.24) is 0 Å². The lowest BCUT2D eigenvalue weighted by atomic mass is 9.83. The minimum Gasteiger partial charge on any atom is -0.456 e. The number of benzene rings is 2. The van der Waals surface area contributed by atoms with Crippen LogP contribution in [-0.2, 0) is 14.3 Å². The van der Waals surface area contributed by atoms with Crippen LogP contribution < -0.4 is 5.32 Å². The van der Waals surface area contributed by atoms with Gasteiger partial charge in [0.15, 0.2) is 18.2 Å². The number of carbonyl (C=O) groups is 4. The van der Waals surface area contributed by atoms with Gasteiger partial charge in [-0.25, -0.2) is 0 Å². The molecule has 0 fully saturated rings. The average Bonchev–Trinajstić information content (AvgIpc) is 2.68. The van der Waals surface area contributed by atoms with Gasteiger partial charge < -0.3 is 10.1 Å². The van der Waals surface area contributed by atoms with Gasteiger partial charge in [0.25, 0.3) is 5.91 Å². The molecule has 2 aromatic carbocycles. The third kappa shape index (κ3) is 4.01. The van der Waals surface area contributed by atoms with E-state index in [1.807, 2.05) is 13.8 Å². The molecule has 144 valence electrons. The normalized spacial score (nSPS) is 12.4. The molecular weight excluding hydrogens is 358 g/mol. The van der Waals surface area contributed by atoms with Gasteiger partial charge in [-0.15, -0.1) is 0 Å². The molecule has 28 heavy (non-hydrogen) atoms. The van der Waals surface area contributed by atoms with Crippen molar-refractivity contribution < 1.29 is 23.9 Å². The Balaban J connectivity index is 1.75. The van der Waals surface area contributed by atoms with Gasteiger partial charge in [0.2, 0.25) is 0 Å². The Morgan fingerprint density at radius 2 is 1.57 bits per heavy atom. The molecule has 2 aromatic rings. The van der Waals surface area contributed by atoms with Crippen LogP contribution in [0, 0.1) is 5.92 Å². The number of anilines is 1. The molecule has 1 N–H and O–H groups in total. The molecule has 0 spiro atoms. The molecule has 0 aliphatic heterocycles. The van der Waals surface area contributed by atoms with Crippen molar-refractivity contribution in [2.75, 3.05) is 11.9 Å². The lowest BCUT2D eigenvalue weighted by Crippen LogP contribution is -2.26. The highest BCUT2D eigenvalue weighted by Crippen LogP contribution is 2.31. The summed E-state index contributed by atoms with van der Waals surface area (Å²) in [6.07, 6.45) is 0.929. The first-order valence-corrected chi connectivity index (χ1v) is 9.15. The van der Waals surface area contributed by atoms with E-state index >= 15 is 0 Å². The van der Waals surface area contributed by atoms with Crippen molar-refractivity contribution in [2.24, 2.45) is 5.92 Å². The van der Waals surface area contributed by atoms with Crippen LogP contribution in [0.15, 0.2) is 42.5 Å². The molecule has 0 atom stereocenters. The highest BCUT2D eigenvalue weighted by Gasteiger charge is 2.31. The summed E-state index contributed by atoms with van der Waals surface area (Å²) in [5.41, 5.74) is 1.29. The van der Waals surface area contributed by atoms with Crippen LogP contribution in [-0.4, -0.2) is 30.0 Å². The first-order valence-electron chi connectivity index (χ1n) is 9.15.